The molecule has 5 rings (SSSR count). The number of nitrogens with one attached hydrogen (secondary N) is 1. The average Bonchev–Trinajstić information content (AvgIpc) is 3.17. The number of aromatic amines is 1. The lowest BCUT2D eigenvalue weighted by atomic mass is 9.91. The second kappa shape index (κ2) is 7.54. The van der Waals surface area contributed by atoms with Gasteiger partial charge in [-0.25, -0.2) is 0 Å². The van der Waals surface area contributed by atoms with E-state index < -0.39 is 0 Å². The van der Waals surface area contributed by atoms with E-state index in [2.05, 4.69) is 23.2 Å². The molecule has 0 radical (unpaired) electrons. The molecule has 0 spiro atoms. The van der Waals surface area contributed by atoms with E-state index in [0.717, 1.165) is 28.9 Å². The predicted octanol–water partition coefficient (Wildman–Crippen LogP) is 5.62. The molecule has 0 saturated heterocycles. The first-order valence-electron chi connectivity index (χ1n) is 9.95. The number of aromatic nitrogens is 1. The fourth-order valence-electron chi connectivity index (χ4n) is 4.35. The third-order valence-electron chi connectivity index (χ3n) is 5.82. The summed E-state index contributed by atoms with van der Waals surface area (Å²) in [5.74, 6) is 0.791. The number of carbonyl (C=O) groups is 1. The SMILES string of the molecule is COc1ccc(C2c3[nH]c4ccccc4c3CCN2C(=O)c2ccc(Cl)cc2)cc1. The van der Waals surface area contributed by atoms with Gasteiger partial charge in [0.15, 0.2) is 0 Å². The summed E-state index contributed by atoms with van der Waals surface area (Å²) in [6, 6.07) is 23.2. The van der Waals surface area contributed by atoms with Gasteiger partial charge < -0.3 is 14.6 Å². The summed E-state index contributed by atoms with van der Waals surface area (Å²) >= 11 is 6.03. The van der Waals surface area contributed by atoms with Crippen LogP contribution in [0.15, 0.2) is 72.8 Å². The van der Waals surface area contributed by atoms with Crippen LogP contribution < -0.4 is 4.74 Å². The van der Waals surface area contributed by atoms with Gasteiger partial charge in [-0.15, -0.1) is 0 Å². The Kier molecular flexibility index (Phi) is 4.72. The van der Waals surface area contributed by atoms with E-state index in [1.165, 1.54) is 10.9 Å². The highest BCUT2D eigenvalue weighted by Crippen LogP contribution is 2.39. The number of para-hydroxylation sites is 1. The number of ether oxygens (including phenoxy) is 1. The summed E-state index contributed by atoms with van der Waals surface area (Å²) in [5.41, 5.74) is 5.14. The molecule has 0 aliphatic carbocycles. The zero-order valence-corrected chi connectivity index (χ0v) is 17.3. The molecule has 30 heavy (non-hydrogen) atoms. The fraction of sp³-hybridized carbons (Fsp3) is 0.160. The lowest BCUT2D eigenvalue weighted by Gasteiger charge is -2.36. The first-order chi connectivity index (χ1) is 14.7. The lowest BCUT2D eigenvalue weighted by Crippen LogP contribution is -2.40. The topological polar surface area (TPSA) is 45.3 Å². The Bertz CT molecular complexity index is 1210. The first kappa shape index (κ1) is 18.8. The van der Waals surface area contributed by atoms with Crippen molar-refractivity contribution >= 4 is 28.4 Å². The summed E-state index contributed by atoms with van der Waals surface area (Å²) in [5, 5.41) is 1.85. The predicted molar refractivity (Wildman–Crippen MR) is 119 cm³/mol. The van der Waals surface area contributed by atoms with Crippen molar-refractivity contribution in [3.05, 3.63) is 100 Å². The Labute approximate surface area is 180 Å². The van der Waals surface area contributed by atoms with Crippen LogP contribution in [0.2, 0.25) is 5.02 Å². The van der Waals surface area contributed by atoms with Crippen LogP contribution >= 0.6 is 11.6 Å². The second-order valence-corrected chi connectivity index (χ2v) is 7.93. The van der Waals surface area contributed by atoms with Gasteiger partial charge in [0.05, 0.1) is 13.2 Å². The highest BCUT2D eigenvalue weighted by atomic mass is 35.5. The van der Waals surface area contributed by atoms with Crippen molar-refractivity contribution in [1.29, 1.82) is 0 Å². The third kappa shape index (κ3) is 3.14. The van der Waals surface area contributed by atoms with Crippen molar-refractivity contribution in [2.45, 2.75) is 12.5 Å². The summed E-state index contributed by atoms with van der Waals surface area (Å²) < 4.78 is 5.33. The number of fused-ring (bicyclic) bond motifs is 3. The van der Waals surface area contributed by atoms with Gasteiger partial charge in [-0.3, -0.25) is 4.79 Å². The van der Waals surface area contributed by atoms with Crippen molar-refractivity contribution in [3.8, 4) is 5.75 Å². The highest BCUT2D eigenvalue weighted by molar-refractivity contribution is 6.30. The molecule has 0 saturated carbocycles. The number of hydrogen-bond acceptors (Lipinski definition) is 2. The van der Waals surface area contributed by atoms with Gasteiger partial charge in [0, 0.05) is 33.7 Å². The highest BCUT2D eigenvalue weighted by Gasteiger charge is 2.34. The number of benzene rings is 3. The van der Waals surface area contributed by atoms with Gasteiger partial charge in [0.25, 0.3) is 5.91 Å². The summed E-state index contributed by atoms with van der Waals surface area (Å²) in [6.45, 7) is 0.646. The molecular formula is C25H21ClN2O2. The summed E-state index contributed by atoms with van der Waals surface area (Å²) in [7, 11) is 1.65. The zero-order chi connectivity index (χ0) is 20.7. The summed E-state index contributed by atoms with van der Waals surface area (Å²) in [6.07, 6.45) is 0.811. The van der Waals surface area contributed by atoms with E-state index in [1.54, 1.807) is 31.4 Å². The van der Waals surface area contributed by atoms with Gasteiger partial charge in [0.2, 0.25) is 0 Å². The van der Waals surface area contributed by atoms with E-state index >= 15 is 0 Å². The van der Waals surface area contributed by atoms with Crippen molar-refractivity contribution < 1.29 is 9.53 Å². The number of hydrogen-bond donors (Lipinski definition) is 1. The fourth-order valence-corrected chi connectivity index (χ4v) is 4.48. The van der Waals surface area contributed by atoms with Gasteiger partial charge in [-0.2, -0.15) is 0 Å². The van der Waals surface area contributed by atoms with E-state index in [-0.39, 0.29) is 11.9 Å². The summed E-state index contributed by atoms with van der Waals surface area (Å²) in [4.78, 5) is 19.0. The number of methoxy groups -OCH3 is 1. The van der Waals surface area contributed by atoms with Gasteiger partial charge >= 0.3 is 0 Å². The molecule has 5 heteroatoms. The molecule has 150 valence electrons. The van der Waals surface area contributed by atoms with E-state index in [1.807, 2.05) is 35.2 Å². The van der Waals surface area contributed by atoms with Crippen LogP contribution in [0, 0.1) is 0 Å². The van der Waals surface area contributed by atoms with Gasteiger partial charge in [-0.1, -0.05) is 41.9 Å². The van der Waals surface area contributed by atoms with E-state index in [0.29, 0.717) is 17.1 Å². The standard InChI is InChI=1S/C25H21ClN2O2/c1-30-19-12-8-16(9-13-19)24-23-21(20-4-2-3-5-22(20)27-23)14-15-28(24)25(29)17-6-10-18(26)11-7-17/h2-13,24,27H,14-15H2,1H3. The minimum Gasteiger partial charge on any atom is -0.497 e. The lowest BCUT2D eigenvalue weighted by molar-refractivity contribution is 0.0692. The molecule has 1 aliphatic rings. The largest absolute Gasteiger partial charge is 0.497 e. The Hall–Kier alpha value is -3.24. The van der Waals surface area contributed by atoms with Crippen molar-refractivity contribution in [2.75, 3.05) is 13.7 Å². The van der Waals surface area contributed by atoms with Crippen LogP contribution in [0.25, 0.3) is 10.9 Å². The third-order valence-corrected chi connectivity index (χ3v) is 6.07. The van der Waals surface area contributed by atoms with E-state index in [4.69, 9.17) is 16.3 Å². The number of rotatable bonds is 3. The number of halogens is 1. The van der Waals surface area contributed by atoms with Crippen LogP contribution in [0.3, 0.4) is 0 Å². The van der Waals surface area contributed by atoms with Crippen LogP contribution in [0.5, 0.6) is 5.75 Å². The molecule has 2 heterocycles. The minimum atomic E-state index is -0.199. The molecule has 0 bridgehead atoms. The maximum absolute atomic E-state index is 13.5. The van der Waals surface area contributed by atoms with Crippen LogP contribution in [0.1, 0.15) is 33.2 Å². The molecule has 4 aromatic rings. The van der Waals surface area contributed by atoms with Gasteiger partial charge in [-0.05, 0) is 60.0 Å². The molecule has 1 N–H and O–H groups in total. The van der Waals surface area contributed by atoms with E-state index in [9.17, 15) is 4.79 Å². The molecular weight excluding hydrogens is 396 g/mol. The number of carbonyl (C=O) groups excluding carboxylic acids is 1. The molecule has 1 atom stereocenters. The maximum Gasteiger partial charge on any atom is 0.254 e. The first-order valence-corrected chi connectivity index (χ1v) is 10.3. The average molecular weight is 417 g/mol. The Morgan fingerprint density at radius 3 is 2.50 bits per heavy atom. The minimum absolute atomic E-state index is 0.00297. The maximum atomic E-state index is 13.5. The van der Waals surface area contributed by atoms with Crippen LogP contribution in [0.4, 0.5) is 0 Å². The van der Waals surface area contributed by atoms with Crippen molar-refractivity contribution in [1.82, 2.24) is 9.88 Å². The normalized spacial score (nSPS) is 15.8. The van der Waals surface area contributed by atoms with Crippen LogP contribution in [-0.2, 0) is 6.42 Å². The molecule has 1 aliphatic heterocycles. The Morgan fingerprint density at radius 2 is 1.77 bits per heavy atom. The van der Waals surface area contributed by atoms with Crippen LogP contribution in [-0.4, -0.2) is 29.4 Å². The van der Waals surface area contributed by atoms with Crippen molar-refractivity contribution in [2.24, 2.45) is 0 Å². The molecule has 3 aromatic carbocycles. The molecule has 4 nitrogen and oxygen atoms in total. The van der Waals surface area contributed by atoms with Crippen molar-refractivity contribution in [3.63, 3.8) is 0 Å². The quantitative estimate of drug-likeness (QED) is 0.471. The monoisotopic (exact) mass is 416 g/mol. The zero-order valence-electron chi connectivity index (χ0n) is 16.6. The smallest absolute Gasteiger partial charge is 0.254 e. The molecule has 1 unspecified atom stereocenters. The molecule has 1 aromatic heterocycles. The number of amides is 1. The van der Waals surface area contributed by atoms with Gasteiger partial charge in [0.1, 0.15) is 5.75 Å². The molecule has 1 amide bonds. The second-order valence-electron chi connectivity index (χ2n) is 7.49. The number of H-pyrrole nitrogens is 1. The Balaban J connectivity index is 1.64. The molecule has 0 fully saturated rings. The number of nitrogens with zero attached hydrogens (tertiary/aromatic N) is 1. The Morgan fingerprint density at radius 1 is 1.03 bits per heavy atom.